The lowest BCUT2D eigenvalue weighted by atomic mass is 10.2. The molecule has 3 heterocycles. The molecule has 1 aromatic carbocycles. The fourth-order valence-electron chi connectivity index (χ4n) is 3.46. The molecule has 0 spiro atoms. The summed E-state index contributed by atoms with van der Waals surface area (Å²) in [6.07, 6.45) is 1.86. The van der Waals surface area contributed by atoms with E-state index < -0.39 is 0 Å². The first-order valence-electron chi connectivity index (χ1n) is 9.26. The van der Waals surface area contributed by atoms with Gasteiger partial charge in [-0.15, -0.1) is 0 Å². The van der Waals surface area contributed by atoms with Crippen molar-refractivity contribution in [3.63, 3.8) is 0 Å². The molecule has 1 aromatic heterocycles. The van der Waals surface area contributed by atoms with Crippen LogP contribution < -0.4 is 9.80 Å². The molecule has 0 atom stereocenters. The number of nitrogens with zero attached hydrogens (tertiary/aromatic N) is 5. The summed E-state index contributed by atoms with van der Waals surface area (Å²) in [6, 6.07) is 7.86. The third kappa shape index (κ3) is 4.63. The summed E-state index contributed by atoms with van der Waals surface area (Å²) in [5, 5.41) is 1.22. The van der Waals surface area contributed by atoms with Crippen LogP contribution in [0.2, 0.25) is 10.0 Å². The van der Waals surface area contributed by atoms with Crippen molar-refractivity contribution >= 4 is 35.0 Å². The third-order valence-electron chi connectivity index (χ3n) is 5.01. The highest BCUT2D eigenvalue weighted by molar-refractivity contribution is 6.42. The maximum Gasteiger partial charge on any atom is 0.227 e. The Bertz CT molecular complexity index is 776. The fourth-order valence-corrected chi connectivity index (χ4v) is 3.78. The van der Waals surface area contributed by atoms with Crippen molar-refractivity contribution in [3.8, 4) is 0 Å². The van der Waals surface area contributed by atoms with E-state index in [1.54, 1.807) is 0 Å². The van der Waals surface area contributed by atoms with E-state index >= 15 is 0 Å². The number of rotatable bonds is 4. The van der Waals surface area contributed by atoms with Gasteiger partial charge in [-0.05, 0) is 23.8 Å². The number of aromatic nitrogens is 2. The summed E-state index contributed by atoms with van der Waals surface area (Å²) >= 11 is 12.1. The van der Waals surface area contributed by atoms with Gasteiger partial charge in [0.15, 0.2) is 0 Å². The second-order valence-corrected chi connectivity index (χ2v) is 7.64. The Morgan fingerprint density at radius 1 is 0.889 bits per heavy atom. The van der Waals surface area contributed by atoms with Gasteiger partial charge >= 0.3 is 0 Å². The SMILES string of the molecule is Clc1ccc(CN2CCN(c3ccnc(N4CCOCC4)n3)CC2)cc1Cl. The van der Waals surface area contributed by atoms with E-state index in [-0.39, 0.29) is 0 Å². The molecule has 0 aliphatic carbocycles. The molecule has 0 bridgehead atoms. The summed E-state index contributed by atoms with van der Waals surface area (Å²) in [5.41, 5.74) is 1.19. The number of piperazine rings is 1. The summed E-state index contributed by atoms with van der Waals surface area (Å²) in [4.78, 5) is 16.2. The Labute approximate surface area is 169 Å². The smallest absolute Gasteiger partial charge is 0.227 e. The summed E-state index contributed by atoms with van der Waals surface area (Å²) in [5.74, 6) is 1.80. The van der Waals surface area contributed by atoms with Crippen molar-refractivity contribution in [1.29, 1.82) is 0 Å². The Morgan fingerprint density at radius 3 is 2.41 bits per heavy atom. The Hall–Kier alpha value is -1.60. The lowest BCUT2D eigenvalue weighted by molar-refractivity contribution is 0.122. The van der Waals surface area contributed by atoms with Gasteiger partial charge in [0.2, 0.25) is 5.95 Å². The number of hydrogen-bond donors (Lipinski definition) is 0. The monoisotopic (exact) mass is 407 g/mol. The molecule has 6 nitrogen and oxygen atoms in total. The minimum atomic E-state index is 0.602. The van der Waals surface area contributed by atoms with Crippen molar-refractivity contribution in [2.24, 2.45) is 0 Å². The molecule has 144 valence electrons. The molecule has 8 heteroatoms. The Balaban J connectivity index is 1.35. The molecule has 2 aliphatic rings. The third-order valence-corrected chi connectivity index (χ3v) is 5.75. The molecular weight excluding hydrogens is 385 g/mol. The number of halogens is 2. The van der Waals surface area contributed by atoms with Crippen LogP contribution in [0, 0.1) is 0 Å². The van der Waals surface area contributed by atoms with Crippen LogP contribution in [0.15, 0.2) is 30.5 Å². The van der Waals surface area contributed by atoms with Crippen LogP contribution in [0.5, 0.6) is 0 Å². The first-order valence-corrected chi connectivity index (χ1v) is 10.0. The molecular formula is C19H23Cl2N5O. The predicted molar refractivity (Wildman–Crippen MR) is 109 cm³/mol. The maximum atomic E-state index is 6.13. The Morgan fingerprint density at radius 2 is 1.67 bits per heavy atom. The largest absolute Gasteiger partial charge is 0.378 e. The minimum Gasteiger partial charge on any atom is -0.378 e. The normalized spacial score (nSPS) is 18.7. The van der Waals surface area contributed by atoms with Gasteiger partial charge in [-0.25, -0.2) is 4.98 Å². The van der Waals surface area contributed by atoms with Gasteiger partial charge in [0.05, 0.1) is 23.3 Å². The summed E-state index contributed by atoms with van der Waals surface area (Å²) < 4.78 is 5.41. The minimum absolute atomic E-state index is 0.602. The standard InChI is InChI=1S/C19H23Cl2N5O/c20-16-2-1-15(13-17(16)21)14-24-5-7-25(8-6-24)18-3-4-22-19(23-18)26-9-11-27-12-10-26/h1-4,13H,5-12,14H2. The van der Waals surface area contributed by atoms with Crippen LogP contribution >= 0.6 is 23.2 Å². The first-order chi connectivity index (χ1) is 13.2. The van der Waals surface area contributed by atoms with Crippen molar-refractivity contribution in [2.75, 3.05) is 62.3 Å². The second-order valence-electron chi connectivity index (χ2n) is 6.83. The van der Waals surface area contributed by atoms with Crippen LogP contribution in [0.3, 0.4) is 0 Å². The number of anilines is 2. The quantitative estimate of drug-likeness (QED) is 0.775. The number of hydrogen-bond acceptors (Lipinski definition) is 6. The zero-order valence-corrected chi connectivity index (χ0v) is 16.7. The first kappa shape index (κ1) is 18.7. The average Bonchev–Trinajstić information content (AvgIpc) is 2.72. The van der Waals surface area contributed by atoms with E-state index in [0.29, 0.717) is 10.0 Å². The zero-order valence-electron chi connectivity index (χ0n) is 15.2. The van der Waals surface area contributed by atoms with Gasteiger partial charge in [-0.2, -0.15) is 4.98 Å². The van der Waals surface area contributed by atoms with Gasteiger partial charge in [0.1, 0.15) is 5.82 Å². The Kier molecular flexibility index (Phi) is 5.98. The molecule has 27 heavy (non-hydrogen) atoms. The molecule has 4 rings (SSSR count). The highest BCUT2D eigenvalue weighted by Gasteiger charge is 2.20. The van der Waals surface area contributed by atoms with Crippen molar-refractivity contribution in [3.05, 3.63) is 46.1 Å². The predicted octanol–water partition coefficient (Wildman–Crippen LogP) is 2.94. The van der Waals surface area contributed by atoms with Crippen molar-refractivity contribution < 1.29 is 4.74 Å². The lowest BCUT2D eigenvalue weighted by Crippen LogP contribution is -2.46. The van der Waals surface area contributed by atoms with Crippen LogP contribution in [-0.2, 0) is 11.3 Å². The molecule has 2 aliphatic heterocycles. The van der Waals surface area contributed by atoms with Gasteiger partial charge < -0.3 is 14.5 Å². The second kappa shape index (κ2) is 8.61. The molecule has 0 saturated carbocycles. The van der Waals surface area contributed by atoms with Gasteiger partial charge in [0, 0.05) is 52.0 Å². The molecule has 2 aromatic rings. The van der Waals surface area contributed by atoms with Crippen LogP contribution in [0.4, 0.5) is 11.8 Å². The average molecular weight is 408 g/mol. The maximum absolute atomic E-state index is 6.13. The van der Waals surface area contributed by atoms with Gasteiger partial charge in [0.25, 0.3) is 0 Å². The number of morpholine rings is 1. The molecule has 2 fully saturated rings. The summed E-state index contributed by atoms with van der Waals surface area (Å²) in [6.45, 7) is 7.91. The highest BCUT2D eigenvalue weighted by Crippen LogP contribution is 2.24. The molecule has 2 saturated heterocycles. The van der Waals surface area contributed by atoms with Gasteiger partial charge in [-0.3, -0.25) is 4.90 Å². The van der Waals surface area contributed by atoms with E-state index in [1.165, 1.54) is 5.56 Å². The topological polar surface area (TPSA) is 44.7 Å². The van der Waals surface area contributed by atoms with Crippen LogP contribution in [0.1, 0.15) is 5.56 Å². The van der Waals surface area contributed by atoms with E-state index in [1.807, 2.05) is 30.5 Å². The van der Waals surface area contributed by atoms with E-state index in [0.717, 1.165) is 70.8 Å². The lowest BCUT2D eigenvalue weighted by Gasteiger charge is -2.36. The van der Waals surface area contributed by atoms with E-state index in [4.69, 9.17) is 32.9 Å². The highest BCUT2D eigenvalue weighted by atomic mass is 35.5. The molecule has 0 radical (unpaired) electrons. The summed E-state index contributed by atoms with van der Waals surface area (Å²) in [7, 11) is 0. The van der Waals surface area contributed by atoms with Crippen LogP contribution in [-0.4, -0.2) is 67.4 Å². The fraction of sp³-hybridized carbons (Fsp3) is 0.474. The molecule has 0 N–H and O–H groups in total. The van der Waals surface area contributed by atoms with Crippen LogP contribution in [0.25, 0.3) is 0 Å². The number of benzene rings is 1. The van der Waals surface area contributed by atoms with Crippen molar-refractivity contribution in [2.45, 2.75) is 6.54 Å². The molecule has 0 amide bonds. The zero-order chi connectivity index (χ0) is 18.6. The number of ether oxygens (including phenoxy) is 1. The van der Waals surface area contributed by atoms with E-state index in [2.05, 4.69) is 19.7 Å². The van der Waals surface area contributed by atoms with Gasteiger partial charge in [-0.1, -0.05) is 29.3 Å². The van der Waals surface area contributed by atoms with Crippen molar-refractivity contribution in [1.82, 2.24) is 14.9 Å². The molecule has 0 unspecified atom stereocenters. The van der Waals surface area contributed by atoms with E-state index in [9.17, 15) is 0 Å².